The molecule has 134 valence electrons. The molecule has 4 rings (SSSR count). The molecule has 0 radical (unpaired) electrons. The van der Waals surface area contributed by atoms with E-state index in [0.717, 1.165) is 0 Å². The van der Waals surface area contributed by atoms with E-state index in [2.05, 4.69) is 109 Å². The molecule has 0 atom stereocenters. The van der Waals surface area contributed by atoms with Crippen molar-refractivity contribution in [2.24, 2.45) is 0 Å². The van der Waals surface area contributed by atoms with Crippen LogP contribution in [-0.2, 0) is 5.54 Å². The van der Waals surface area contributed by atoms with Gasteiger partial charge in [-0.25, -0.2) is 4.98 Å². The molecule has 0 bridgehead atoms. The molecule has 0 saturated carbocycles. The predicted octanol–water partition coefficient (Wildman–Crippen LogP) is 5.65. The Morgan fingerprint density at radius 1 is 0.630 bits per heavy atom. The molecule has 0 spiro atoms. The van der Waals surface area contributed by atoms with E-state index < -0.39 is 5.54 Å². The van der Waals surface area contributed by atoms with E-state index >= 15 is 0 Å². The summed E-state index contributed by atoms with van der Waals surface area (Å²) in [7, 11) is 0. The molecule has 0 unspecified atom stereocenters. The summed E-state index contributed by atoms with van der Waals surface area (Å²) in [6.07, 6.45) is 5.88. The monoisotopic (exact) mass is 352 g/mol. The van der Waals surface area contributed by atoms with Gasteiger partial charge in [0, 0.05) is 12.4 Å². The lowest BCUT2D eigenvalue weighted by atomic mass is 9.72. The molecule has 0 saturated heterocycles. The number of imidazole rings is 1. The van der Waals surface area contributed by atoms with Crippen LogP contribution < -0.4 is 0 Å². The number of benzene rings is 3. The second kappa shape index (κ2) is 6.88. The van der Waals surface area contributed by atoms with Crippen molar-refractivity contribution in [1.82, 2.24) is 9.55 Å². The number of nitrogens with zero attached hydrogens (tertiary/aromatic N) is 2. The summed E-state index contributed by atoms with van der Waals surface area (Å²) in [5.74, 6) is 0. The van der Waals surface area contributed by atoms with Gasteiger partial charge in [-0.3, -0.25) is 0 Å². The van der Waals surface area contributed by atoms with E-state index in [0.29, 0.717) is 0 Å². The Bertz CT molecular complexity index is 950. The third kappa shape index (κ3) is 2.69. The maximum absolute atomic E-state index is 4.42. The van der Waals surface area contributed by atoms with E-state index in [1.165, 1.54) is 33.4 Å². The van der Waals surface area contributed by atoms with Crippen LogP contribution in [-0.4, -0.2) is 9.55 Å². The lowest BCUT2D eigenvalue weighted by molar-refractivity contribution is 0.506. The van der Waals surface area contributed by atoms with Crippen molar-refractivity contribution >= 4 is 0 Å². The first-order chi connectivity index (χ1) is 13.2. The van der Waals surface area contributed by atoms with Crippen LogP contribution in [0, 0.1) is 20.8 Å². The molecule has 27 heavy (non-hydrogen) atoms. The molecule has 2 heteroatoms. The molecule has 0 N–H and O–H groups in total. The first kappa shape index (κ1) is 17.3. The van der Waals surface area contributed by atoms with Crippen LogP contribution in [0.1, 0.15) is 33.4 Å². The summed E-state index contributed by atoms with van der Waals surface area (Å²) in [6.45, 7) is 6.58. The summed E-state index contributed by atoms with van der Waals surface area (Å²) in [4.78, 5) is 4.42. The van der Waals surface area contributed by atoms with Crippen molar-refractivity contribution in [2.75, 3.05) is 0 Å². The van der Waals surface area contributed by atoms with E-state index in [-0.39, 0.29) is 0 Å². The fraction of sp³-hybridized carbons (Fsp3) is 0.160. The summed E-state index contributed by atoms with van der Waals surface area (Å²) >= 11 is 0. The van der Waals surface area contributed by atoms with Crippen LogP contribution in [0.2, 0.25) is 0 Å². The summed E-state index contributed by atoms with van der Waals surface area (Å²) in [6, 6.07) is 26.0. The molecule has 1 heterocycles. The number of hydrogen-bond acceptors (Lipinski definition) is 1. The molecule has 3 aromatic carbocycles. The highest BCUT2D eigenvalue weighted by atomic mass is 15.1. The molecule has 4 aromatic rings. The second-order valence-electron chi connectivity index (χ2n) is 7.13. The van der Waals surface area contributed by atoms with Gasteiger partial charge in [-0.1, -0.05) is 72.8 Å². The Balaban J connectivity index is 2.23. The zero-order valence-electron chi connectivity index (χ0n) is 16.1. The first-order valence-corrected chi connectivity index (χ1v) is 9.32. The van der Waals surface area contributed by atoms with Gasteiger partial charge in [0.25, 0.3) is 0 Å². The van der Waals surface area contributed by atoms with Gasteiger partial charge in [0.1, 0.15) is 5.54 Å². The lowest BCUT2D eigenvalue weighted by Crippen LogP contribution is -2.39. The quantitative estimate of drug-likeness (QED) is 0.434. The number of hydrogen-bond donors (Lipinski definition) is 0. The Labute approximate surface area is 161 Å². The van der Waals surface area contributed by atoms with Gasteiger partial charge >= 0.3 is 0 Å². The van der Waals surface area contributed by atoms with Crippen LogP contribution in [0.5, 0.6) is 0 Å². The Morgan fingerprint density at radius 2 is 1.04 bits per heavy atom. The molecule has 0 amide bonds. The van der Waals surface area contributed by atoms with Crippen molar-refractivity contribution in [3.05, 3.63) is 125 Å². The van der Waals surface area contributed by atoms with E-state index in [1.807, 2.05) is 12.5 Å². The number of rotatable bonds is 4. The highest BCUT2D eigenvalue weighted by Crippen LogP contribution is 2.44. The van der Waals surface area contributed by atoms with Crippen molar-refractivity contribution in [3.8, 4) is 0 Å². The van der Waals surface area contributed by atoms with Crippen molar-refractivity contribution < 1.29 is 0 Å². The first-order valence-electron chi connectivity index (χ1n) is 9.32. The molecule has 0 aliphatic rings. The van der Waals surface area contributed by atoms with Crippen LogP contribution in [0.25, 0.3) is 0 Å². The van der Waals surface area contributed by atoms with Gasteiger partial charge in [-0.2, -0.15) is 0 Å². The van der Waals surface area contributed by atoms with E-state index in [4.69, 9.17) is 0 Å². The smallest absolute Gasteiger partial charge is 0.122 e. The van der Waals surface area contributed by atoms with E-state index in [9.17, 15) is 0 Å². The zero-order chi connectivity index (χ0) is 18.9. The average molecular weight is 352 g/mol. The maximum atomic E-state index is 4.42. The SMILES string of the molecule is Cc1ccccc1C(c1ccccc1C)(c1ccccc1C)n1ccnc1. The summed E-state index contributed by atoms with van der Waals surface area (Å²) < 4.78 is 2.25. The highest BCUT2D eigenvalue weighted by molar-refractivity contribution is 5.57. The minimum atomic E-state index is -0.474. The van der Waals surface area contributed by atoms with Gasteiger partial charge in [-0.05, 0) is 54.2 Å². The van der Waals surface area contributed by atoms with Gasteiger partial charge in [-0.15, -0.1) is 0 Å². The van der Waals surface area contributed by atoms with Crippen LogP contribution >= 0.6 is 0 Å². The predicted molar refractivity (Wildman–Crippen MR) is 111 cm³/mol. The minimum Gasteiger partial charge on any atom is -0.319 e. The second-order valence-corrected chi connectivity index (χ2v) is 7.13. The lowest BCUT2D eigenvalue weighted by Gasteiger charge is -2.40. The van der Waals surface area contributed by atoms with Gasteiger partial charge in [0.2, 0.25) is 0 Å². The summed E-state index contributed by atoms with van der Waals surface area (Å²) in [5, 5.41) is 0. The molecule has 0 aliphatic heterocycles. The number of aromatic nitrogens is 2. The molecular weight excluding hydrogens is 328 g/mol. The zero-order valence-corrected chi connectivity index (χ0v) is 16.1. The van der Waals surface area contributed by atoms with Crippen LogP contribution in [0.3, 0.4) is 0 Å². The van der Waals surface area contributed by atoms with E-state index in [1.54, 1.807) is 0 Å². The Kier molecular flexibility index (Phi) is 4.41. The normalized spacial score (nSPS) is 11.5. The standard InChI is InChI=1S/C25H24N2/c1-19-10-4-7-13-22(19)25(27-17-16-26-18-27,23-14-8-5-11-20(23)2)24-15-9-6-12-21(24)3/h4-18H,1-3H3. The fourth-order valence-electron chi connectivity index (χ4n) is 4.25. The van der Waals surface area contributed by atoms with Gasteiger partial charge < -0.3 is 4.57 Å². The van der Waals surface area contributed by atoms with Gasteiger partial charge in [0.15, 0.2) is 0 Å². The molecular formula is C25H24N2. The average Bonchev–Trinajstić information content (AvgIpc) is 3.21. The van der Waals surface area contributed by atoms with Crippen molar-refractivity contribution in [2.45, 2.75) is 26.3 Å². The Hall–Kier alpha value is -3.13. The third-order valence-electron chi connectivity index (χ3n) is 5.50. The minimum absolute atomic E-state index is 0.474. The Morgan fingerprint density at radius 3 is 1.37 bits per heavy atom. The topological polar surface area (TPSA) is 17.8 Å². The maximum Gasteiger partial charge on any atom is 0.122 e. The van der Waals surface area contributed by atoms with Gasteiger partial charge in [0.05, 0.1) is 6.33 Å². The molecule has 0 aliphatic carbocycles. The van der Waals surface area contributed by atoms with Crippen molar-refractivity contribution in [1.29, 1.82) is 0 Å². The molecule has 2 nitrogen and oxygen atoms in total. The molecule has 1 aromatic heterocycles. The molecule has 0 fully saturated rings. The summed E-state index contributed by atoms with van der Waals surface area (Å²) in [5.41, 5.74) is 7.12. The van der Waals surface area contributed by atoms with Crippen LogP contribution in [0.15, 0.2) is 91.5 Å². The third-order valence-corrected chi connectivity index (χ3v) is 5.50. The fourth-order valence-corrected chi connectivity index (χ4v) is 4.25. The van der Waals surface area contributed by atoms with Crippen molar-refractivity contribution in [3.63, 3.8) is 0 Å². The number of aryl methyl sites for hydroxylation is 3. The highest BCUT2D eigenvalue weighted by Gasteiger charge is 2.40. The van der Waals surface area contributed by atoms with Crippen LogP contribution in [0.4, 0.5) is 0 Å². The largest absolute Gasteiger partial charge is 0.319 e.